The van der Waals surface area contributed by atoms with Gasteiger partial charge in [0.15, 0.2) is 5.13 Å². The van der Waals surface area contributed by atoms with Crippen molar-refractivity contribution in [1.29, 1.82) is 0 Å². The van der Waals surface area contributed by atoms with Crippen LogP contribution in [-0.2, 0) is 16.1 Å². The van der Waals surface area contributed by atoms with Gasteiger partial charge < -0.3 is 15.4 Å². The molecule has 7 heteroatoms. The number of rotatable bonds is 8. The van der Waals surface area contributed by atoms with Gasteiger partial charge in [-0.25, -0.2) is 4.98 Å². The minimum Gasteiger partial charge on any atom is -0.493 e. The van der Waals surface area contributed by atoms with E-state index in [0.29, 0.717) is 18.3 Å². The molecule has 2 amide bonds. The van der Waals surface area contributed by atoms with Gasteiger partial charge in [0, 0.05) is 24.4 Å². The van der Waals surface area contributed by atoms with Gasteiger partial charge in [-0.15, -0.1) is 11.3 Å². The average Bonchev–Trinajstić information content (AvgIpc) is 3.16. The van der Waals surface area contributed by atoms with E-state index in [1.807, 2.05) is 60.8 Å². The number of carbonyl (C=O) groups is 2. The Morgan fingerprint density at radius 2 is 1.79 bits per heavy atom. The number of nitrogens with one attached hydrogen (secondary N) is 2. The van der Waals surface area contributed by atoms with Crippen molar-refractivity contribution in [2.75, 3.05) is 11.9 Å². The number of thiazole rings is 1. The van der Waals surface area contributed by atoms with Gasteiger partial charge in [0.05, 0.1) is 18.7 Å². The number of ether oxygens (including phenoxy) is 1. The zero-order chi connectivity index (χ0) is 20.6. The Balaban J connectivity index is 1.48. The van der Waals surface area contributed by atoms with Crippen LogP contribution in [0.3, 0.4) is 0 Å². The second-order valence-electron chi connectivity index (χ2n) is 6.60. The second kappa shape index (κ2) is 9.84. The summed E-state index contributed by atoms with van der Waals surface area (Å²) in [6, 6.07) is 15.5. The number of amides is 2. The fraction of sp³-hybridized carbons (Fsp3) is 0.227. The molecule has 0 aliphatic carbocycles. The number of hydrogen-bond acceptors (Lipinski definition) is 5. The van der Waals surface area contributed by atoms with Crippen LogP contribution in [0.15, 0.2) is 53.9 Å². The van der Waals surface area contributed by atoms with Gasteiger partial charge in [0.1, 0.15) is 5.75 Å². The molecular weight excluding hydrogens is 386 g/mol. The molecule has 0 fully saturated rings. The highest BCUT2D eigenvalue weighted by molar-refractivity contribution is 7.14. The molecule has 0 saturated heterocycles. The van der Waals surface area contributed by atoms with Crippen molar-refractivity contribution < 1.29 is 14.3 Å². The number of anilines is 1. The van der Waals surface area contributed by atoms with Crippen LogP contribution in [0.25, 0.3) is 11.3 Å². The molecule has 150 valence electrons. The van der Waals surface area contributed by atoms with Crippen LogP contribution in [0.1, 0.15) is 24.5 Å². The highest BCUT2D eigenvalue weighted by Gasteiger charge is 2.09. The third-order valence-electron chi connectivity index (χ3n) is 4.16. The van der Waals surface area contributed by atoms with E-state index in [1.54, 1.807) is 0 Å². The molecule has 1 heterocycles. The molecule has 0 aliphatic rings. The summed E-state index contributed by atoms with van der Waals surface area (Å²) in [4.78, 5) is 27.6. The Morgan fingerprint density at radius 3 is 2.48 bits per heavy atom. The zero-order valence-corrected chi connectivity index (χ0v) is 17.2. The van der Waals surface area contributed by atoms with Crippen LogP contribution in [0.4, 0.5) is 5.13 Å². The molecule has 2 N–H and O–H groups in total. The molecule has 29 heavy (non-hydrogen) atoms. The normalized spacial score (nSPS) is 10.4. The lowest BCUT2D eigenvalue weighted by molar-refractivity contribution is -0.119. The number of nitrogens with zero attached hydrogens (tertiary/aromatic N) is 1. The Morgan fingerprint density at radius 1 is 1.07 bits per heavy atom. The Labute approximate surface area is 173 Å². The molecule has 0 radical (unpaired) electrons. The summed E-state index contributed by atoms with van der Waals surface area (Å²) in [5, 5.41) is 8.04. The van der Waals surface area contributed by atoms with Crippen molar-refractivity contribution in [1.82, 2.24) is 10.3 Å². The lowest BCUT2D eigenvalue weighted by Gasteiger charge is -2.06. The molecule has 3 aromatic rings. The molecule has 6 nitrogen and oxygen atoms in total. The summed E-state index contributed by atoms with van der Waals surface area (Å²) < 4.78 is 5.59. The lowest BCUT2D eigenvalue weighted by atomic mass is 10.1. The predicted octanol–water partition coefficient (Wildman–Crippen LogP) is 4.16. The maximum absolute atomic E-state index is 12.1. The second-order valence-corrected chi connectivity index (χ2v) is 7.46. The largest absolute Gasteiger partial charge is 0.493 e. The van der Waals surface area contributed by atoms with Crippen molar-refractivity contribution in [3.05, 3.63) is 65.0 Å². The molecule has 0 bridgehead atoms. The van der Waals surface area contributed by atoms with E-state index in [1.165, 1.54) is 18.3 Å². The van der Waals surface area contributed by atoms with Crippen molar-refractivity contribution >= 4 is 28.3 Å². The van der Waals surface area contributed by atoms with E-state index >= 15 is 0 Å². The lowest BCUT2D eigenvalue weighted by Crippen LogP contribution is -2.18. The number of aryl methyl sites for hydroxylation is 1. The summed E-state index contributed by atoms with van der Waals surface area (Å²) in [6.07, 6.45) is 0.251. The number of benzene rings is 2. The van der Waals surface area contributed by atoms with Crippen LogP contribution >= 0.6 is 11.3 Å². The van der Waals surface area contributed by atoms with Gasteiger partial charge in [0.25, 0.3) is 0 Å². The minimum atomic E-state index is -0.135. The highest BCUT2D eigenvalue weighted by Crippen LogP contribution is 2.25. The molecule has 1 aromatic heterocycles. The van der Waals surface area contributed by atoms with Crippen molar-refractivity contribution in [2.24, 2.45) is 0 Å². The summed E-state index contributed by atoms with van der Waals surface area (Å²) in [5.41, 5.74) is 3.93. The van der Waals surface area contributed by atoms with Gasteiger partial charge in [-0.3, -0.25) is 9.59 Å². The molecular formula is C22H23N3O3S. The maximum Gasteiger partial charge on any atom is 0.229 e. The van der Waals surface area contributed by atoms with Crippen LogP contribution in [0, 0.1) is 6.92 Å². The van der Waals surface area contributed by atoms with Crippen LogP contribution in [-0.4, -0.2) is 23.4 Å². The first-order valence-corrected chi connectivity index (χ1v) is 10.2. The van der Waals surface area contributed by atoms with E-state index in [4.69, 9.17) is 4.74 Å². The number of aromatic nitrogens is 1. The maximum atomic E-state index is 12.1. The summed E-state index contributed by atoms with van der Waals surface area (Å²) in [6.45, 7) is 4.31. The summed E-state index contributed by atoms with van der Waals surface area (Å²) >= 11 is 1.38. The van der Waals surface area contributed by atoms with Gasteiger partial charge in [-0.05, 0) is 24.6 Å². The first-order valence-electron chi connectivity index (χ1n) is 9.28. The Bertz CT molecular complexity index is 966. The SMILES string of the molecule is CC(=O)NCc1ccc(-c2csc(NC(=O)CCOc3ccc(C)cc3)n2)cc1. The minimum absolute atomic E-state index is 0.0572. The van der Waals surface area contributed by atoms with E-state index in [-0.39, 0.29) is 18.2 Å². The quantitative estimate of drug-likeness (QED) is 0.585. The van der Waals surface area contributed by atoms with E-state index in [0.717, 1.165) is 28.1 Å². The number of carbonyl (C=O) groups excluding carboxylic acids is 2. The first kappa shape index (κ1) is 20.5. The van der Waals surface area contributed by atoms with Gasteiger partial charge in [-0.2, -0.15) is 0 Å². The van der Waals surface area contributed by atoms with Crippen molar-refractivity contribution in [2.45, 2.75) is 26.8 Å². The summed E-state index contributed by atoms with van der Waals surface area (Å²) in [5.74, 6) is 0.559. The fourth-order valence-corrected chi connectivity index (χ4v) is 3.30. The van der Waals surface area contributed by atoms with Gasteiger partial charge >= 0.3 is 0 Å². The molecule has 0 spiro atoms. The zero-order valence-electron chi connectivity index (χ0n) is 16.4. The van der Waals surface area contributed by atoms with Crippen LogP contribution in [0.5, 0.6) is 5.75 Å². The third-order valence-corrected chi connectivity index (χ3v) is 4.92. The fourth-order valence-electron chi connectivity index (χ4n) is 2.56. The predicted molar refractivity (Wildman–Crippen MR) is 115 cm³/mol. The van der Waals surface area contributed by atoms with E-state index in [2.05, 4.69) is 15.6 Å². The standard InChI is InChI=1S/C22H23N3O3S/c1-15-3-9-19(10-4-15)28-12-11-21(27)25-22-24-20(14-29-22)18-7-5-17(6-8-18)13-23-16(2)26/h3-10,14H,11-13H2,1-2H3,(H,23,26)(H,24,25,27). The third kappa shape index (κ3) is 6.43. The molecule has 0 saturated carbocycles. The molecule has 0 atom stereocenters. The van der Waals surface area contributed by atoms with E-state index < -0.39 is 0 Å². The van der Waals surface area contributed by atoms with Crippen molar-refractivity contribution in [3.8, 4) is 17.0 Å². The van der Waals surface area contributed by atoms with Crippen LogP contribution in [0.2, 0.25) is 0 Å². The van der Waals surface area contributed by atoms with E-state index in [9.17, 15) is 9.59 Å². The Kier molecular flexibility index (Phi) is 6.97. The monoisotopic (exact) mass is 409 g/mol. The number of hydrogen-bond donors (Lipinski definition) is 2. The average molecular weight is 410 g/mol. The molecule has 0 unspecified atom stereocenters. The Hall–Kier alpha value is -3.19. The molecule has 2 aromatic carbocycles. The van der Waals surface area contributed by atoms with Gasteiger partial charge in [0.2, 0.25) is 11.8 Å². The van der Waals surface area contributed by atoms with Crippen molar-refractivity contribution in [3.63, 3.8) is 0 Å². The van der Waals surface area contributed by atoms with Crippen LogP contribution < -0.4 is 15.4 Å². The first-order chi connectivity index (χ1) is 14.0. The highest BCUT2D eigenvalue weighted by atomic mass is 32.1. The topological polar surface area (TPSA) is 80.3 Å². The molecule has 0 aliphatic heterocycles. The summed E-state index contributed by atoms with van der Waals surface area (Å²) in [7, 11) is 0. The smallest absolute Gasteiger partial charge is 0.229 e. The van der Waals surface area contributed by atoms with Gasteiger partial charge in [-0.1, -0.05) is 42.0 Å². The molecule has 3 rings (SSSR count).